The van der Waals surface area contributed by atoms with Crippen LogP contribution in [0.15, 0.2) is 30.6 Å². The zero-order valence-corrected chi connectivity index (χ0v) is 9.07. The van der Waals surface area contributed by atoms with E-state index in [1.54, 1.807) is 6.20 Å². The van der Waals surface area contributed by atoms with Crippen LogP contribution in [0.2, 0.25) is 0 Å². The highest BCUT2D eigenvalue weighted by Gasteiger charge is 2.02. The normalized spacial score (nSPS) is 10.5. The molecular weight excluding hydrogens is 186 g/mol. The lowest BCUT2D eigenvalue weighted by Crippen LogP contribution is -2.05. The summed E-state index contributed by atoms with van der Waals surface area (Å²) in [5.41, 5.74) is 9.58. The van der Waals surface area contributed by atoms with Crippen LogP contribution in [0.1, 0.15) is 16.7 Å². The topological polar surface area (TPSA) is 43.8 Å². The molecular formula is C12H15N3. The fourth-order valence-electron chi connectivity index (χ4n) is 1.63. The summed E-state index contributed by atoms with van der Waals surface area (Å²) in [5.74, 6) is 0.566. The molecule has 0 saturated carbocycles. The van der Waals surface area contributed by atoms with E-state index in [0.717, 1.165) is 6.54 Å². The minimum atomic E-state index is 0.566. The van der Waals surface area contributed by atoms with E-state index >= 15 is 0 Å². The zero-order chi connectivity index (χ0) is 10.8. The third-order valence-electron chi connectivity index (χ3n) is 2.59. The zero-order valence-electron chi connectivity index (χ0n) is 9.07. The number of imidazole rings is 1. The molecule has 0 unspecified atom stereocenters. The molecule has 2 rings (SSSR count). The number of nitrogens with zero attached hydrogens (tertiary/aromatic N) is 2. The minimum Gasteiger partial charge on any atom is -0.369 e. The lowest BCUT2D eigenvalue weighted by molar-refractivity contribution is 0.804. The smallest absolute Gasteiger partial charge is 0.200 e. The summed E-state index contributed by atoms with van der Waals surface area (Å²) >= 11 is 0. The Kier molecular flexibility index (Phi) is 2.46. The number of rotatable bonds is 2. The van der Waals surface area contributed by atoms with E-state index in [0.29, 0.717) is 5.95 Å². The number of nitrogens with two attached hydrogens (primary N) is 1. The second-order valence-corrected chi connectivity index (χ2v) is 3.84. The largest absolute Gasteiger partial charge is 0.369 e. The second kappa shape index (κ2) is 3.77. The van der Waals surface area contributed by atoms with Gasteiger partial charge in [0.1, 0.15) is 0 Å². The van der Waals surface area contributed by atoms with Crippen LogP contribution >= 0.6 is 0 Å². The van der Waals surface area contributed by atoms with Crippen molar-refractivity contribution in [1.82, 2.24) is 9.55 Å². The van der Waals surface area contributed by atoms with Gasteiger partial charge in [-0.3, -0.25) is 0 Å². The van der Waals surface area contributed by atoms with Crippen molar-refractivity contribution in [3.63, 3.8) is 0 Å². The van der Waals surface area contributed by atoms with Crippen LogP contribution in [0.3, 0.4) is 0 Å². The SMILES string of the molecule is Cc1ccc(C)c(Cn2ccnc2N)c1. The van der Waals surface area contributed by atoms with Gasteiger partial charge in [0.15, 0.2) is 5.95 Å². The summed E-state index contributed by atoms with van der Waals surface area (Å²) in [7, 11) is 0. The number of aryl methyl sites for hydroxylation is 2. The summed E-state index contributed by atoms with van der Waals surface area (Å²) in [6.45, 7) is 5.00. The third-order valence-corrected chi connectivity index (χ3v) is 2.59. The molecule has 0 radical (unpaired) electrons. The van der Waals surface area contributed by atoms with Gasteiger partial charge in [-0.1, -0.05) is 23.8 Å². The summed E-state index contributed by atoms with van der Waals surface area (Å²) in [6, 6.07) is 6.45. The third kappa shape index (κ3) is 2.01. The van der Waals surface area contributed by atoms with E-state index in [4.69, 9.17) is 5.73 Å². The molecule has 78 valence electrons. The van der Waals surface area contributed by atoms with Gasteiger partial charge in [0, 0.05) is 12.4 Å². The maximum atomic E-state index is 5.73. The van der Waals surface area contributed by atoms with Gasteiger partial charge in [-0.2, -0.15) is 0 Å². The molecule has 0 fully saturated rings. The average molecular weight is 201 g/mol. The fourth-order valence-corrected chi connectivity index (χ4v) is 1.63. The van der Waals surface area contributed by atoms with E-state index in [9.17, 15) is 0 Å². The quantitative estimate of drug-likeness (QED) is 0.808. The van der Waals surface area contributed by atoms with Crippen LogP contribution in [0, 0.1) is 13.8 Å². The molecule has 0 aliphatic carbocycles. The lowest BCUT2D eigenvalue weighted by atomic mass is 10.1. The van der Waals surface area contributed by atoms with Crippen LogP contribution in [0.4, 0.5) is 5.95 Å². The highest BCUT2D eigenvalue weighted by Crippen LogP contribution is 2.13. The highest BCUT2D eigenvalue weighted by atomic mass is 15.1. The molecule has 2 N–H and O–H groups in total. The number of benzene rings is 1. The molecule has 2 aromatic rings. The number of hydrogen-bond acceptors (Lipinski definition) is 2. The van der Waals surface area contributed by atoms with E-state index in [1.807, 2.05) is 10.8 Å². The Balaban J connectivity index is 2.32. The van der Waals surface area contributed by atoms with Crippen LogP contribution in [-0.4, -0.2) is 9.55 Å². The fraction of sp³-hybridized carbons (Fsp3) is 0.250. The van der Waals surface area contributed by atoms with Crippen LogP contribution in [-0.2, 0) is 6.54 Å². The van der Waals surface area contributed by atoms with Gasteiger partial charge in [-0.05, 0) is 25.0 Å². The van der Waals surface area contributed by atoms with Gasteiger partial charge in [-0.25, -0.2) is 4.98 Å². The molecule has 0 aliphatic rings. The first-order valence-electron chi connectivity index (χ1n) is 4.99. The van der Waals surface area contributed by atoms with Crippen molar-refractivity contribution in [3.05, 3.63) is 47.3 Å². The molecule has 15 heavy (non-hydrogen) atoms. The lowest BCUT2D eigenvalue weighted by Gasteiger charge is -2.08. The Morgan fingerprint density at radius 1 is 1.33 bits per heavy atom. The van der Waals surface area contributed by atoms with Crippen LogP contribution in [0.5, 0.6) is 0 Å². The monoisotopic (exact) mass is 201 g/mol. The van der Waals surface area contributed by atoms with Gasteiger partial charge in [0.05, 0.1) is 6.54 Å². The summed E-state index contributed by atoms with van der Waals surface area (Å²) in [5, 5.41) is 0. The van der Waals surface area contributed by atoms with Gasteiger partial charge < -0.3 is 10.3 Å². The van der Waals surface area contributed by atoms with E-state index in [-0.39, 0.29) is 0 Å². The first-order chi connectivity index (χ1) is 7.16. The first kappa shape index (κ1) is 9.77. The molecule has 1 heterocycles. The van der Waals surface area contributed by atoms with Crippen molar-refractivity contribution in [3.8, 4) is 0 Å². The maximum absolute atomic E-state index is 5.73. The second-order valence-electron chi connectivity index (χ2n) is 3.84. The van der Waals surface area contributed by atoms with Crippen molar-refractivity contribution < 1.29 is 0 Å². The maximum Gasteiger partial charge on any atom is 0.200 e. The van der Waals surface area contributed by atoms with Crippen LogP contribution < -0.4 is 5.73 Å². The Hall–Kier alpha value is -1.77. The number of nitrogen functional groups attached to an aromatic ring is 1. The predicted molar refractivity (Wildman–Crippen MR) is 61.7 cm³/mol. The van der Waals surface area contributed by atoms with Gasteiger partial charge in [-0.15, -0.1) is 0 Å². The first-order valence-corrected chi connectivity index (χ1v) is 4.99. The molecule has 0 spiro atoms. The summed E-state index contributed by atoms with van der Waals surface area (Å²) in [6.07, 6.45) is 3.62. The van der Waals surface area contributed by atoms with Gasteiger partial charge in [0.2, 0.25) is 0 Å². The molecule has 3 heteroatoms. The highest BCUT2D eigenvalue weighted by molar-refractivity contribution is 5.32. The van der Waals surface area contributed by atoms with E-state index in [2.05, 4.69) is 37.0 Å². The Morgan fingerprint density at radius 3 is 2.80 bits per heavy atom. The van der Waals surface area contributed by atoms with Crippen molar-refractivity contribution >= 4 is 5.95 Å². The molecule has 0 atom stereocenters. The molecule has 0 aliphatic heterocycles. The number of hydrogen-bond donors (Lipinski definition) is 1. The molecule has 0 bridgehead atoms. The Morgan fingerprint density at radius 2 is 2.13 bits per heavy atom. The Labute approximate surface area is 89.6 Å². The molecule has 3 nitrogen and oxygen atoms in total. The number of anilines is 1. The summed E-state index contributed by atoms with van der Waals surface area (Å²) in [4.78, 5) is 4.01. The summed E-state index contributed by atoms with van der Waals surface area (Å²) < 4.78 is 1.95. The molecule has 0 amide bonds. The van der Waals surface area contributed by atoms with Crippen LogP contribution in [0.25, 0.3) is 0 Å². The van der Waals surface area contributed by atoms with E-state index in [1.165, 1.54) is 16.7 Å². The predicted octanol–water partition coefficient (Wildman–Crippen LogP) is 2.13. The number of aromatic nitrogens is 2. The Bertz CT molecular complexity index is 471. The standard InChI is InChI=1S/C12H15N3/c1-9-3-4-10(2)11(7-9)8-15-6-5-14-12(15)13/h3-7H,8H2,1-2H3,(H2,13,14). The van der Waals surface area contributed by atoms with Crippen molar-refractivity contribution in [2.45, 2.75) is 20.4 Å². The molecule has 1 aromatic heterocycles. The van der Waals surface area contributed by atoms with Crippen molar-refractivity contribution in [2.24, 2.45) is 0 Å². The van der Waals surface area contributed by atoms with Gasteiger partial charge in [0.25, 0.3) is 0 Å². The van der Waals surface area contributed by atoms with Gasteiger partial charge >= 0.3 is 0 Å². The minimum absolute atomic E-state index is 0.566. The molecule has 0 saturated heterocycles. The average Bonchev–Trinajstić information content (AvgIpc) is 2.58. The molecule has 1 aromatic carbocycles. The van der Waals surface area contributed by atoms with Crippen molar-refractivity contribution in [1.29, 1.82) is 0 Å². The van der Waals surface area contributed by atoms with E-state index < -0.39 is 0 Å². The van der Waals surface area contributed by atoms with Crippen molar-refractivity contribution in [2.75, 3.05) is 5.73 Å².